The Bertz CT molecular complexity index is 1130. The summed E-state index contributed by atoms with van der Waals surface area (Å²) in [5.74, 6) is 0. The van der Waals surface area contributed by atoms with Crippen LogP contribution in [0, 0.1) is 11.3 Å². The molecular formula is C20H17N3O2S. The highest BCUT2D eigenvalue weighted by molar-refractivity contribution is 7.93. The Kier molecular flexibility index (Phi) is 4.09. The highest BCUT2D eigenvalue weighted by Gasteiger charge is 2.31. The molecule has 4 rings (SSSR count). The summed E-state index contributed by atoms with van der Waals surface area (Å²) in [6.45, 7) is 0. The van der Waals surface area contributed by atoms with E-state index in [-0.39, 0.29) is 5.25 Å². The zero-order chi connectivity index (χ0) is 18.1. The van der Waals surface area contributed by atoms with Crippen LogP contribution in [0.2, 0.25) is 0 Å². The van der Waals surface area contributed by atoms with Crippen molar-refractivity contribution >= 4 is 26.5 Å². The highest BCUT2D eigenvalue weighted by atomic mass is 32.2. The average Bonchev–Trinajstić information content (AvgIpc) is 2.59. The number of aromatic nitrogens is 1. The van der Waals surface area contributed by atoms with Crippen molar-refractivity contribution in [3.63, 3.8) is 0 Å². The molecule has 0 atom stereocenters. The maximum absolute atomic E-state index is 12.6. The number of fused-ring (bicyclic) bond motifs is 1. The summed E-state index contributed by atoms with van der Waals surface area (Å²) in [7, 11) is -3.40. The van der Waals surface area contributed by atoms with Gasteiger partial charge in [-0.15, -0.1) is 0 Å². The molecule has 1 aliphatic rings. The van der Waals surface area contributed by atoms with Gasteiger partial charge in [0.1, 0.15) is 0 Å². The first kappa shape index (κ1) is 16.6. The molecule has 1 aromatic heterocycles. The SMILES string of the molecule is N#Cc1ccc(-c2cnccc2NS(=O)(=O)C2CCC2)c2ccccc12. The van der Waals surface area contributed by atoms with E-state index in [2.05, 4.69) is 15.8 Å². The van der Waals surface area contributed by atoms with Gasteiger partial charge in [-0.1, -0.05) is 36.8 Å². The maximum Gasteiger partial charge on any atom is 0.235 e. The van der Waals surface area contributed by atoms with E-state index in [4.69, 9.17) is 0 Å². The summed E-state index contributed by atoms with van der Waals surface area (Å²) < 4.78 is 27.9. The molecule has 3 aromatic rings. The fraction of sp³-hybridized carbons (Fsp3) is 0.200. The lowest BCUT2D eigenvalue weighted by molar-refractivity contribution is 0.480. The van der Waals surface area contributed by atoms with Gasteiger partial charge < -0.3 is 0 Å². The molecule has 0 saturated heterocycles. The van der Waals surface area contributed by atoms with Gasteiger partial charge in [0.2, 0.25) is 10.0 Å². The number of nitrogens with one attached hydrogen (secondary N) is 1. The van der Waals surface area contributed by atoms with Crippen LogP contribution in [0.4, 0.5) is 5.69 Å². The second-order valence-corrected chi connectivity index (χ2v) is 8.40. The Hall–Kier alpha value is -2.91. The summed E-state index contributed by atoms with van der Waals surface area (Å²) in [6.07, 6.45) is 5.60. The summed E-state index contributed by atoms with van der Waals surface area (Å²) >= 11 is 0. The predicted molar refractivity (Wildman–Crippen MR) is 102 cm³/mol. The van der Waals surface area contributed by atoms with E-state index in [0.717, 1.165) is 22.8 Å². The van der Waals surface area contributed by atoms with Gasteiger partial charge in [0.15, 0.2) is 0 Å². The molecule has 0 amide bonds. The molecule has 0 aliphatic heterocycles. The van der Waals surface area contributed by atoms with Crippen LogP contribution < -0.4 is 4.72 Å². The van der Waals surface area contributed by atoms with E-state index in [0.29, 0.717) is 29.7 Å². The maximum atomic E-state index is 12.6. The minimum atomic E-state index is -3.40. The Balaban J connectivity index is 1.85. The summed E-state index contributed by atoms with van der Waals surface area (Å²) in [4.78, 5) is 4.18. The van der Waals surface area contributed by atoms with Crippen molar-refractivity contribution in [2.75, 3.05) is 4.72 Å². The van der Waals surface area contributed by atoms with Gasteiger partial charge in [-0.05, 0) is 35.9 Å². The molecular weight excluding hydrogens is 346 g/mol. The van der Waals surface area contributed by atoms with Crippen LogP contribution in [-0.4, -0.2) is 18.7 Å². The molecule has 0 unspecified atom stereocenters. The molecule has 0 spiro atoms. The van der Waals surface area contributed by atoms with Gasteiger partial charge in [0.05, 0.1) is 22.6 Å². The normalized spacial score (nSPS) is 14.6. The fourth-order valence-corrected chi connectivity index (χ4v) is 4.85. The van der Waals surface area contributed by atoms with Crippen LogP contribution in [0.25, 0.3) is 21.9 Å². The number of hydrogen-bond donors (Lipinski definition) is 1. The Morgan fingerprint density at radius 3 is 2.50 bits per heavy atom. The van der Waals surface area contributed by atoms with Crippen molar-refractivity contribution in [3.8, 4) is 17.2 Å². The number of hydrogen-bond acceptors (Lipinski definition) is 4. The van der Waals surface area contributed by atoms with Crippen LogP contribution in [-0.2, 0) is 10.0 Å². The third-order valence-electron chi connectivity index (χ3n) is 4.90. The van der Waals surface area contributed by atoms with Crippen LogP contribution in [0.1, 0.15) is 24.8 Å². The van der Waals surface area contributed by atoms with Gasteiger partial charge in [-0.2, -0.15) is 5.26 Å². The quantitative estimate of drug-likeness (QED) is 0.757. The lowest BCUT2D eigenvalue weighted by Gasteiger charge is -2.26. The smallest absolute Gasteiger partial charge is 0.235 e. The van der Waals surface area contributed by atoms with Gasteiger partial charge in [-0.25, -0.2) is 8.42 Å². The Labute approximate surface area is 152 Å². The predicted octanol–water partition coefficient (Wildman–Crippen LogP) is 4.07. The third-order valence-corrected chi connectivity index (χ3v) is 6.75. The van der Waals surface area contributed by atoms with Crippen molar-refractivity contribution in [2.24, 2.45) is 0 Å². The molecule has 1 saturated carbocycles. The van der Waals surface area contributed by atoms with E-state index in [1.807, 2.05) is 30.3 Å². The van der Waals surface area contributed by atoms with E-state index < -0.39 is 10.0 Å². The summed E-state index contributed by atoms with van der Waals surface area (Å²) in [6, 6.07) is 15.1. The number of benzene rings is 2. The fourth-order valence-electron chi connectivity index (χ4n) is 3.25. The lowest BCUT2D eigenvalue weighted by Crippen LogP contribution is -2.33. The number of anilines is 1. The largest absolute Gasteiger partial charge is 0.283 e. The number of nitrogens with zero attached hydrogens (tertiary/aromatic N) is 2. The first-order valence-electron chi connectivity index (χ1n) is 8.48. The third kappa shape index (κ3) is 2.80. The van der Waals surface area contributed by atoms with Crippen LogP contribution in [0.15, 0.2) is 54.9 Å². The molecule has 130 valence electrons. The van der Waals surface area contributed by atoms with Crippen molar-refractivity contribution in [1.82, 2.24) is 4.98 Å². The number of nitriles is 1. The molecule has 1 fully saturated rings. The van der Waals surface area contributed by atoms with Gasteiger partial charge >= 0.3 is 0 Å². The highest BCUT2D eigenvalue weighted by Crippen LogP contribution is 2.36. The second kappa shape index (κ2) is 6.43. The first-order chi connectivity index (χ1) is 12.6. The van der Waals surface area contributed by atoms with Crippen molar-refractivity contribution in [3.05, 3.63) is 60.4 Å². The van der Waals surface area contributed by atoms with E-state index >= 15 is 0 Å². The number of rotatable bonds is 4. The number of sulfonamides is 1. The first-order valence-corrected chi connectivity index (χ1v) is 10.0. The molecule has 6 heteroatoms. The van der Waals surface area contributed by atoms with Crippen LogP contribution in [0.5, 0.6) is 0 Å². The minimum absolute atomic E-state index is 0.318. The van der Waals surface area contributed by atoms with Gasteiger partial charge in [-0.3, -0.25) is 9.71 Å². The van der Waals surface area contributed by atoms with E-state index in [1.165, 1.54) is 0 Å². The molecule has 2 aromatic carbocycles. The second-order valence-electron chi connectivity index (χ2n) is 6.44. The Morgan fingerprint density at radius 1 is 1.04 bits per heavy atom. The molecule has 5 nitrogen and oxygen atoms in total. The monoisotopic (exact) mass is 363 g/mol. The minimum Gasteiger partial charge on any atom is -0.283 e. The Morgan fingerprint density at radius 2 is 1.81 bits per heavy atom. The van der Waals surface area contributed by atoms with Gasteiger partial charge in [0, 0.05) is 23.3 Å². The lowest BCUT2D eigenvalue weighted by atomic mass is 9.95. The number of pyridine rings is 1. The van der Waals surface area contributed by atoms with E-state index in [9.17, 15) is 13.7 Å². The molecule has 1 heterocycles. The zero-order valence-corrected chi connectivity index (χ0v) is 14.8. The van der Waals surface area contributed by atoms with E-state index in [1.54, 1.807) is 24.5 Å². The molecule has 0 bridgehead atoms. The topological polar surface area (TPSA) is 82.8 Å². The standard InChI is InChI=1S/C20H17N3O2S/c21-12-14-8-9-18(17-7-2-1-6-16(14)17)19-13-22-11-10-20(19)23-26(24,25)15-4-3-5-15/h1-2,6-11,13,15H,3-5H2,(H,22,23). The molecule has 0 radical (unpaired) electrons. The van der Waals surface area contributed by atoms with Crippen molar-refractivity contribution in [1.29, 1.82) is 5.26 Å². The average molecular weight is 363 g/mol. The summed E-state index contributed by atoms with van der Waals surface area (Å²) in [5, 5.41) is 10.8. The van der Waals surface area contributed by atoms with Crippen molar-refractivity contribution in [2.45, 2.75) is 24.5 Å². The van der Waals surface area contributed by atoms with Crippen LogP contribution >= 0.6 is 0 Å². The summed E-state index contributed by atoms with van der Waals surface area (Å²) in [5.41, 5.74) is 2.65. The van der Waals surface area contributed by atoms with Crippen LogP contribution in [0.3, 0.4) is 0 Å². The van der Waals surface area contributed by atoms with Gasteiger partial charge in [0.25, 0.3) is 0 Å². The van der Waals surface area contributed by atoms with Crippen molar-refractivity contribution < 1.29 is 8.42 Å². The zero-order valence-electron chi connectivity index (χ0n) is 14.0. The molecule has 1 aliphatic carbocycles. The molecule has 1 N–H and O–H groups in total. The molecule has 26 heavy (non-hydrogen) atoms.